The zero-order valence-corrected chi connectivity index (χ0v) is 13.6. The van der Waals surface area contributed by atoms with Crippen molar-refractivity contribution in [3.8, 4) is 0 Å². The summed E-state index contributed by atoms with van der Waals surface area (Å²) >= 11 is 1.90. The number of hydrogen-bond donors (Lipinski definition) is 2. The second-order valence-electron chi connectivity index (χ2n) is 7.43. The average Bonchev–Trinajstić information content (AvgIpc) is 3.37. The van der Waals surface area contributed by atoms with E-state index in [1.165, 1.54) is 40.7 Å². The molecule has 1 aliphatic heterocycles. The fourth-order valence-corrected chi connectivity index (χ4v) is 6.59. The minimum atomic E-state index is 0.493. The Morgan fingerprint density at radius 1 is 1.13 bits per heavy atom. The number of fused-ring (bicyclic) bond motifs is 9. The van der Waals surface area contributed by atoms with Crippen molar-refractivity contribution in [1.82, 2.24) is 10.2 Å². The Bertz CT molecular complexity index is 881. The number of nitrogens with zero attached hydrogens (tertiary/aromatic N) is 1. The number of aromatic nitrogens is 2. The maximum atomic E-state index is 4.30. The largest absolute Gasteiger partial charge is 0.377 e. The Hall–Kier alpha value is -1.81. The van der Waals surface area contributed by atoms with Crippen LogP contribution in [0.5, 0.6) is 0 Å². The van der Waals surface area contributed by atoms with E-state index in [1.807, 2.05) is 17.5 Å². The van der Waals surface area contributed by atoms with E-state index >= 15 is 0 Å². The normalized spacial score (nSPS) is 34.3. The predicted molar refractivity (Wildman–Crippen MR) is 93.8 cm³/mol. The van der Waals surface area contributed by atoms with Crippen LogP contribution in [0.3, 0.4) is 0 Å². The summed E-state index contributed by atoms with van der Waals surface area (Å²) in [5.74, 6) is 3.22. The third kappa shape index (κ3) is 1.57. The van der Waals surface area contributed by atoms with Gasteiger partial charge in [-0.2, -0.15) is 5.10 Å². The van der Waals surface area contributed by atoms with E-state index in [0.717, 1.165) is 17.8 Å². The molecule has 0 spiro atoms. The van der Waals surface area contributed by atoms with Crippen LogP contribution in [0.2, 0.25) is 0 Å². The topological polar surface area (TPSA) is 40.7 Å². The Balaban J connectivity index is 1.60. The molecular formula is C19H19N3S. The zero-order chi connectivity index (χ0) is 15.0. The minimum absolute atomic E-state index is 0.493. The van der Waals surface area contributed by atoms with Gasteiger partial charge in [0.2, 0.25) is 0 Å². The molecule has 5 atom stereocenters. The molecule has 0 saturated heterocycles. The number of hydrogen-bond acceptors (Lipinski definition) is 3. The van der Waals surface area contributed by atoms with Gasteiger partial charge >= 0.3 is 0 Å². The Morgan fingerprint density at radius 3 is 3.00 bits per heavy atom. The summed E-state index contributed by atoms with van der Waals surface area (Å²) in [6.45, 7) is 0. The molecule has 23 heavy (non-hydrogen) atoms. The quantitative estimate of drug-likeness (QED) is 0.668. The number of benzene rings is 1. The molecule has 4 heteroatoms. The lowest BCUT2D eigenvalue weighted by Crippen LogP contribution is -2.35. The van der Waals surface area contributed by atoms with Gasteiger partial charge in [0.05, 0.1) is 17.8 Å². The summed E-state index contributed by atoms with van der Waals surface area (Å²) in [5.41, 5.74) is 4.06. The lowest BCUT2D eigenvalue weighted by atomic mass is 9.68. The van der Waals surface area contributed by atoms with Gasteiger partial charge in [-0.1, -0.05) is 6.07 Å². The van der Waals surface area contributed by atoms with Crippen molar-refractivity contribution in [3.05, 3.63) is 46.3 Å². The van der Waals surface area contributed by atoms with Crippen LogP contribution >= 0.6 is 11.3 Å². The number of thiophene rings is 1. The number of anilines is 1. The molecule has 3 aliphatic rings. The van der Waals surface area contributed by atoms with Crippen LogP contribution in [-0.4, -0.2) is 10.2 Å². The summed E-state index contributed by atoms with van der Waals surface area (Å²) < 4.78 is 0. The number of nitrogens with one attached hydrogen (secondary N) is 2. The molecule has 0 amide bonds. The Kier molecular flexibility index (Phi) is 2.40. The van der Waals surface area contributed by atoms with Gasteiger partial charge in [0.25, 0.3) is 0 Å². The minimum Gasteiger partial charge on any atom is -0.377 e. The van der Waals surface area contributed by atoms with Gasteiger partial charge in [0.1, 0.15) is 0 Å². The van der Waals surface area contributed by atoms with Crippen molar-refractivity contribution >= 4 is 27.9 Å². The first-order valence-electron chi connectivity index (χ1n) is 8.66. The van der Waals surface area contributed by atoms with E-state index in [2.05, 4.69) is 45.2 Å². The number of rotatable bonds is 1. The van der Waals surface area contributed by atoms with Gasteiger partial charge in [-0.05, 0) is 72.1 Å². The van der Waals surface area contributed by atoms with Gasteiger partial charge in [0.15, 0.2) is 0 Å². The third-order valence-electron chi connectivity index (χ3n) is 6.53. The molecule has 2 N–H and O–H groups in total. The summed E-state index contributed by atoms with van der Waals surface area (Å²) in [4.78, 5) is 1.51. The number of H-pyrrole nitrogens is 1. The molecule has 0 radical (unpaired) electrons. The van der Waals surface area contributed by atoms with Crippen molar-refractivity contribution < 1.29 is 0 Å². The molecule has 116 valence electrons. The molecule has 2 bridgehead atoms. The van der Waals surface area contributed by atoms with Crippen molar-refractivity contribution in [2.24, 2.45) is 17.8 Å². The maximum absolute atomic E-state index is 4.30. The highest BCUT2D eigenvalue weighted by Gasteiger charge is 2.54. The number of aromatic amines is 1. The highest BCUT2D eigenvalue weighted by atomic mass is 32.1. The second-order valence-corrected chi connectivity index (χ2v) is 8.41. The molecule has 3 heterocycles. The highest BCUT2D eigenvalue weighted by molar-refractivity contribution is 7.10. The fraction of sp³-hybridized carbons (Fsp3) is 0.421. The third-order valence-corrected chi connectivity index (χ3v) is 7.48. The SMILES string of the molecule is c1csc([C@@H]2Nc3ccc4[nH]ncc4c3[C@H]3C4CCC(C4)[C@@H]23)c1. The van der Waals surface area contributed by atoms with Crippen LogP contribution < -0.4 is 5.32 Å². The van der Waals surface area contributed by atoms with Gasteiger partial charge in [-0.25, -0.2) is 0 Å². The summed E-state index contributed by atoms with van der Waals surface area (Å²) in [6, 6.07) is 9.43. The summed E-state index contributed by atoms with van der Waals surface area (Å²) in [5, 5.41) is 14.9. The van der Waals surface area contributed by atoms with Gasteiger partial charge in [-0.3, -0.25) is 5.10 Å². The monoisotopic (exact) mass is 321 g/mol. The average molecular weight is 321 g/mol. The summed E-state index contributed by atoms with van der Waals surface area (Å²) in [7, 11) is 0. The first kappa shape index (κ1) is 12.6. The van der Waals surface area contributed by atoms with Crippen LogP contribution in [0.25, 0.3) is 10.9 Å². The first-order valence-corrected chi connectivity index (χ1v) is 9.54. The van der Waals surface area contributed by atoms with Crippen LogP contribution in [0.15, 0.2) is 35.8 Å². The van der Waals surface area contributed by atoms with Crippen molar-refractivity contribution in [1.29, 1.82) is 0 Å². The van der Waals surface area contributed by atoms with E-state index in [-0.39, 0.29) is 0 Å². The van der Waals surface area contributed by atoms with Gasteiger partial charge < -0.3 is 5.32 Å². The zero-order valence-electron chi connectivity index (χ0n) is 12.8. The first-order chi connectivity index (χ1) is 11.4. The molecule has 2 fully saturated rings. The maximum Gasteiger partial charge on any atom is 0.0654 e. The molecule has 2 aromatic heterocycles. The van der Waals surface area contributed by atoms with Crippen molar-refractivity contribution in [2.45, 2.75) is 31.2 Å². The van der Waals surface area contributed by atoms with Crippen LogP contribution in [0, 0.1) is 17.8 Å². The second kappa shape index (κ2) is 4.38. The summed E-state index contributed by atoms with van der Waals surface area (Å²) in [6.07, 6.45) is 6.29. The molecular weight excluding hydrogens is 302 g/mol. The molecule has 3 nitrogen and oxygen atoms in total. The Labute approximate surface area is 139 Å². The van der Waals surface area contributed by atoms with E-state index in [9.17, 15) is 0 Å². The molecule has 6 rings (SSSR count). The Morgan fingerprint density at radius 2 is 2.09 bits per heavy atom. The highest BCUT2D eigenvalue weighted by Crippen LogP contribution is 2.64. The molecule has 2 aliphatic carbocycles. The molecule has 2 unspecified atom stereocenters. The van der Waals surface area contributed by atoms with Crippen molar-refractivity contribution in [2.75, 3.05) is 5.32 Å². The molecule has 3 aromatic rings. The fourth-order valence-electron chi connectivity index (χ4n) is 5.76. The van der Waals surface area contributed by atoms with Crippen LogP contribution in [-0.2, 0) is 0 Å². The van der Waals surface area contributed by atoms with E-state index in [4.69, 9.17) is 0 Å². The standard InChI is InChI=1S/C19H19N3S/c1-2-15(23-7-1)19-17-11-4-3-10(8-11)16(17)18-12-9-20-22-13(12)5-6-14(18)21-19/h1-2,5-7,9-11,16-17,19,21H,3-4,8H2,(H,20,22)/t10?,11?,16-,17+,19-/m0/s1. The lowest BCUT2D eigenvalue weighted by Gasteiger charge is -2.43. The van der Waals surface area contributed by atoms with Crippen LogP contribution in [0.1, 0.15) is 41.7 Å². The van der Waals surface area contributed by atoms with E-state index < -0.39 is 0 Å². The molecule has 2 saturated carbocycles. The van der Waals surface area contributed by atoms with Crippen LogP contribution in [0.4, 0.5) is 5.69 Å². The smallest absolute Gasteiger partial charge is 0.0654 e. The molecule has 1 aromatic carbocycles. The van der Waals surface area contributed by atoms with Crippen molar-refractivity contribution in [3.63, 3.8) is 0 Å². The van der Waals surface area contributed by atoms with Gasteiger partial charge in [-0.15, -0.1) is 11.3 Å². The van der Waals surface area contributed by atoms with E-state index in [0.29, 0.717) is 12.0 Å². The van der Waals surface area contributed by atoms with Gasteiger partial charge in [0, 0.05) is 16.0 Å². The van der Waals surface area contributed by atoms with E-state index in [1.54, 1.807) is 5.56 Å². The predicted octanol–water partition coefficient (Wildman–Crippen LogP) is 4.92. The lowest BCUT2D eigenvalue weighted by molar-refractivity contribution is 0.251.